The molecule has 34 heavy (non-hydrogen) atoms. The number of halogens is 1. The van der Waals surface area contributed by atoms with Crippen molar-refractivity contribution in [2.45, 2.75) is 13.0 Å². The molecule has 10 heteroatoms. The molecule has 3 aromatic carbocycles. The van der Waals surface area contributed by atoms with E-state index in [1.54, 1.807) is 61.5 Å². The molecule has 0 aromatic heterocycles. The van der Waals surface area contributed by atoms with Crippen molar-refractivity contribution in [1.29, 1.82) is 0 Å². The van der Waals surface area contributed by atoms with Crippen LogP contribution in [-0.2, 0) is 4.79 Å². The third kappa shape index (κ3) is 5.16. The average molecular weight is 479 g/mol. The minimum Gasteiger partial charge on any atom is -0.457 e. The maximum Gasteiger partial charge on any atom is 0.319 e. The number of allylic oxidation sites excluding steroid dienone is 1. The van der Waals surface area contributed by atoms with Gasteiger partial charge in [-0.2, -0.15) is 0 Å². The number of rotatable bonds is 6. The Hall–Kier alpha value is -4.37. The average Bonchev–Trinajstić information content (AvgIpc) is 2.80. The van der Waals surface area contributed by atoms with Crippen LogP contribution in [0.1, 0.15) is 18.5 Å². The van der Waals surface area contributed by atoms with Crippen molar-refractivity contribution in [2.24, 2.45) is 0 Å². The van der Waals surface area contributed by atoms with Crippen LogP contribution >= 0.6 is 11.6 Å². The lowest BCUT2D eigenvalue weighted by Gasteiger charge is -2.29. The third-order valence-corrected chi connectivity index (χ3v) is 5.32. The van der Waals surface area contributed by atoms with Crippen LogP contribution in [0.3, 0.4) is 0 Å². The molecule has 0 bridgehead atoms. The lowest BCUT2D eigenvalue weighted by Crippen LogP contribution is -2.45. The number of non-ortho nitro benzene ring substituents is 1. The summed E-state index contributed by atoms with van der Waals surface area (Å²) in [5.74, 6) is 0.564. The van der Waals surface area contributed by atoms with E-state index < -0.39 is 22.9 Å². The molecule has 9 nitrogen and oxygen atoms in total. The number of carbonyl (C=O) groups excluding carboxylic acids is 2. The van der Waals surface area contributed by atoms with E-state index in [1.165, 1.54) is 18.2 Å². The van der Waals surface area contributed by atoms with Gasteiger partial charge in [0.2, 0.25) is 0 Å². The standard InChI is InChI=1S/C24H19ClN4O5/c1-14-21(23(30)27-17-5-3-6-18(13-17)29(32)33)22(28-24(31)26-14)15-4-2-7-20(12-15)34-19-10-8-16(25)9-11-19/h2-13,22H,1H3,(H,27,30)(H2,26,28,31)/t22-/m0/s1. The molecule has 4 rings (SSSR count). The molecule has 0 fully saturated rings. The molecule has 0 saturated heterocycles. The van der Waals surface area contributed by atoms with Crippen molar-refractivity contribution in [3.63, 3.8) is 0 Å². The molecule has 0 unspecified atom stereocenters. The number of benzene rings is 3. The highest BCUT2D eigenvalue weighted by atomic mass is 35.5. The number of nitro groups is 1. The molecule has 172 valence electrons. The Bertz CT molecular complexity index is 1310. The van der Waals surface area contributed by atoms with E-state index in [0.717, 1.165) is 0 Å². The summed E-state index contributed by atoms with van der Waals surface area (Å²) in [7, 11) is 0. The maximum atomic E-state index is 13.2. The second-order valence-corrected chi connectivity index (χ2v) is 7.90. The minimum absolute atomic E-state index is 0.151. The first-order valence-electron chi connectivity index (χ1n) is 10.2. The number of nitro benzene ring substituents is 1. The van der Waals surface area contributed by atoms with Gasteiger partial charge in [0.1, 0.15) is 11.5 Å². The number of carbonyl (C=O) groups is 2. The number of hydrogen-bond donors (Lipinski definition) is 3. The second-order valence-electron chi connectivity index (χ2n) is 7.46. The van der Waals surface area contributed by atoms with Gasteiger partial charge in [0, 0.05) is 28.5 Å². The first kappa shape index (κ1) is 22.8. The molecule has 3 aromatic rings. The summed E-state index contributed by atoms with van der Waals surface area (Å²) >= 11 is 5.92. The van der Waals surface area contributed by atoms with Crippen LogP contribution in [0.2, 0.25) is 5.02 Å². The van der Waals surface area contributed by atoms with E-state index >= 15 is 0 Å². The van der Waals surface area contributed by atoms with E-state index in [0.29, 0.717) is 27.8 Å². The fourth-order valence-corrected chi connectivity index (χ4v) is 3.66. The molecule has 1 heterocycles. The van der Waals surface area contributed by atoms with Gasteiger partial charge in [-0.15, -0.1) is 0 Å². The number of amides is 3. The molecule has 0 aliphatic carbocycles. The van der Waals surface area contributed by atoms with Gasteiger partial charge in [0.25, 0.3) is 11.6 Å². The molecular formula is C24H19ClN4O5. The topological polar surface area (TPSA) is 123 Å². The van der Waals surface area contributed by atoms with Gasteiger partial charge in [-0.1, -0.05) is 29.8 Å². The molecule has 1 aliphatic heterocycles. The van der Waals surface area contributed by atoms with Crippen LogP contribution in [0.5, 0.6) is 11.5 Å². The van der Waals surface area contributed by atoms with Gasteiger partial charge < -0.3 is 20.7 Å². The Morgan fingerprint density at radius 1 is 1.06 bits per heavy atom. The zero-order chi connectivity index (χ0) is 24.2. The summed E-state index contributed by atoms with van der Waals surface area (Å²) in [5.41, 5.74) is 1.34. The quantitative estimate of drug-likeness (QED) is 0.327. The Labute approximate surface area is 199 Å². The number of urea groups is 1. The largest absolute Gasteiger partial charge is 0.457 e. The SMILES string of the molecule is CC1=C(C(=O)Nc2cccc([N+](=O)[O-])c2)[C@H](c2cccc(Oc3ccc(Cl)cc3)c2)NC(=O)N1. The number of nitrogens with zero attached hydrogens (tertiary/aromatic N) is 1. The Morgan fingerprint density at radius 2 is 1.79 bits per heavy atom. The Morgan fingerprint density at radius 3 is 2.53 bits per heavy atom. The summed E-state index contributed by atoms with van der Waals surface area (Å²) in [4.78, 5) is 35.9. The van der Waals surface area contributed by atoms with Gasteiger partial charge in [-0.3, -0.25) is 14.9 Å². The monoisotopic (exact) mass is 478 g/mol. The van der Waals surface area contributed by atoms with Crippen molar-refractivity contribution in [2.75, 3.05) is 5.32 Å². The predicted octanol–water partition coefficient (Wildman–Crippen LogP) is 5.31. The van der Waals surface area contributed by atoms with E-state index in [9.17, 15) is 19.7 Å². The molecular weight excluding hydrogens is 460 g/mol. The van der Waals surface area contributed by atoms with Crippen LogP contribution in [-0.4, -0.2) is 16.9 Å². The van der Waals surface area contributed by atoms with Gasteiger partial charge in [0.15, 0.2) is 0 Å². The Balaban J connectivity index is 1.62. The highest BCUT2D eigenvalue weighted by Gasteiger charge is 2.31. The van der Waals surface area contributed by atoms with E-state index in [2.05, 4.69) is 16.0 Å². The molecule has 0 spiro atoms. The van der Waals surface area contributed by atoms with Crippen LogP contribution < -0.4 is 20.7 Å². The van der Waals surface area contributed by atoms with Crippen LogP contribution in [0.15, 0.2) is 84.1 Å². The number of anilines is 1. The lowest BCUT2D eigenvalue weighted by molar-refractivity contribution is -0.384. The highest BCUT2D eigenvalue weighted by molar-refractivity contribution is 6.30. The zero-order valence-electron chi connectivity index (χ0n) is 17.9. The molecule has 0 radical (unpaired) electrons. The first-order valence-corrected chi connectivity index (χ1v) is 10.6. The number of hydrogen-bond acceptors (Lipinski definition) is 5. The molecule has 3 N–H and O–H groups in total. The van der Waals surface area contributed by atoms with Crippen molar-refractivity contribution in [3.8, 4) is 11.5 Å². The molecule has 3 amide bonds. The first-order chi connectivity index (χ1) is 16.3. The fourth-order valence-electron chi connectivity index (χ4n) is 3.54. The summed E-state index contributed by atoms with van der Waals surface area (Å²) in [6.07, 6.45) is 0. The van der Waals surface area contributed by atoms with Crippen LogP contribution in [0.4, 0.5) is 16.2 Å². The molecule has 1 atom stereocenters. The van der Waals surface area contributed by atoms with Crippen molar-refractivity contribution in [3.05, 3.63) is 105 Å². The summed E-state index contributed by atoms with van der Waals surface area (Å²) in [6, 6.07) is 18.2. The predicted molar refractivity (Wildman–Crippen MR) is 127 cm³/mol. The summed E-state index contributed by atoms with van der Waals surface area (Å²) in [5, 5.41) is 19.7. The smallest absolute Gasteiger partial charge is 0.319 e. The number of ether oxygens (including phenoxy) is 1. The van der Waals surface area contributed by atoms with Crippen molar-refractivity contribution in [1.82, 2.24) is 10.6 Å². The summed E-state index contributed by atoms with van der Waals surface area (Å²) in [6.45, 7) is 1.61. The van der Waals surface area contributed by atoms with Crippen LogP contribution in [0.25, 0.3) is 0 Å². The fraction of sp³-hybridized carbons (Fsp3) is 0.0833. The summed E-state index contributed by atoms with van der Waals surface area (Å²) < 4.78 is 5.88. The number of nitrogens with one attached hydrogen (secondary N) is 3. The van der Waals surface area contributed by atoms with E-state index in [1.807, 2.05) is 0 Å². The highest BCUT2D eigenvalue weighted by Crippen LogP contribution is 2.32. The zero-order valence-corrected chi connectivity index (χ0v) is 18.6. The van der Waals surface area contributed by atoms with Gasteiger partial charge in [-0.25, -0.2) is 4.79 Å². The van der Waals surface area contributed by atoms with Crippen molar-refractivity contribution >= 4 is 34.9 Å². The van der Waals surface area contributed by atoms with Gasteiger partial charge >= 0.3 is 6.03 Å². The minimum atomic E-state index is -0.777. The van der Waals surface area contributed by atoms with Gasteiger partial charge in [0.05, 0.1) is 16.5 Å². The van der Waals surface area contributed by atoms with E-state index in [-0.39, 0.29) is 16.9 Å². The van der Waals surface area contributed by atoms with Crippen molar-refractivity contribution < 1.29 is 19.2 Å². The molecule has 1 aliphatic rings. The molecule has 0 saturated carbocycles. The maximum absolute atomic E-state index is 13.2. The lowest BCUT2D eigenvalue weighted by atomic mass is 9.94. The van der Waals surface area contributed by atoms with E-state index in [4.69, 9.17) is 16.3 Å². The second kappa shape index (κ2) is 9.63. The normalized spacial score (nSPS) is 15.2. The van der Waals surface area contributed by atoms with Gasteiger partial charge in [-0.05, 0) is 55.0 Å². The Kier molecular flexibility index (Phi) is 6.46. The third-order valence-electron chi connectivity index (χ3n) is 5.07. The van der Waals surface area contributed by atoms with Crippen LogP contribution in [0, 0.1) is 10.1 Å².